The van der Waals surface area contributed by atoms with Crippen LogP contribution in [0.25, 0.3) is 10.6 Å². The van der Waals surface area contributed by atoms with E-state index in [1.165, 1.54) is 22.6 Å². The lowest BCUT2D eigenvalue weighted by Crippen LogP contribution is -2.38. The first kappa shape index (κ1) is 22.6. The number of nitrogens with one attached hydrogen (secondary N) is 2. The third kappa shape index (κ3) is 8.05. The molecular weight excluding hydrogens is 491 g/mol. The van der Waals surface area contributed by atoms with Gasteiger partial charge in [-0.3, -0.25) is 4.99 Å². The molecule has 0 bridgehead atoms. The minimum Gasteiger partial charge on any atom is -0.381 e. The Morgan fingerprint density at radius 3 is 2.81 bits per heavy atom. The number of rotatable bonds is 10. The zero-order valence-corrected chi connectivity index (χ0v) is 20.0. The molecule has 0 amide bonds. The van der Waals surface area contributed by atoms with E-state index in [2.05, 4.69) is 38.1 Å². The van der Waals surface area contributed by atoms with Crippen molar-refractivity contribution in [2.45, 2.75) is 32.6 Å². The number of hydrogen-bond donors (Lipinski definition) is 2. The molecule has 2 heterocycles. The molecule has 1 saturated carbocycles. The fourth-order valence-corrected chi connectivity index (χ4v) is 4.22. The van der Waals surface area contributed by atoms with E-state index in [9.17, 15) is 0 Å². The monoisotopic (exact) mass is 520 g/mol. The molecule has 0 aliphatic heterocycles. The molecule has 2 N–H and O–H groups in total. The molecule has 5 nitrogen and oxygen atoms in total. The number of hydrogen-bond acceptors (Lipinski definition) is 5. The summed E-state index contributed by atoms with van der Waals surface area (Å²) in [5.41, 5.74) is 1.10. The van der Waals surface area contributed by atoms with E-state index in [0.717, 1.165) is 61.7 Å². The largest absolute Gasteiger partial charge is 0.381 e. The van der Waals surface area contributed by atoms with Crippen LogP contribution in [0.15, 0.2) is 22.5 Å². The molecule has 0 spiro atoms. The number of aromatic nitrogens is 1. The third-order valence-corrected chi connectivity index (χ3v) is 6.17. The highest BCUT2D eigenvalue weighted by Crippen LogP contribution is 2.29. The van der Waals surface area contributed by atoms with Crippen LogP contribution in [0.1, 0.15) is 29.1 Å². The minimum atomic E-state index is 0. The fraction of sp³-hybridized carbons (Fsp3) is 0.579. The first-order valence-corrected chi connectivity index (χ1v) is 11.0. The van der Waals surface area contributed by atoms with E-state index < -0.39 is 0 Å². The van der Waals surface area contributed by atoms with Crippen LogP contribution in [0, 0.1) is 12.8 Å². The van der Waals surface area contributed by atoms with E-state index in [-0.39, 0.29) is 24.0 Å². The minimum absolute atomic E-state index is 0. The summed E-state index contributed by atoms with van der Waals surface area (Å²) >= 11 is 3.52. The number of aliphatic imine (C=N–C) groups is 1. The third-order valence-electron chi connectivity index (χ3n) is 4.23. The Bertz CT molecular complexity index is 712. The average Bonchev–Trinajstić information content (AvgIpc) is 3.17. The van der Waals surface area contributed by atoms with Crippen LogP contribution in [0.2, 0.25) is 0 Å². The van der Waals surface area contributed by atoms with Crippen LogP contribution in [0.4, 0.5) is 0 Å². The molecular formula is C19H29IN4OS2. The van der Waals surface area contributed by atoms with Gasteiger partial charge in [0, 0.05) is 43.6 Å². The topological polar surface area (TPSA) is 58.5 Å². The Morgan fingerprint density at radius 2 is 2.11 bits per heavy atom. The number of guanidine groups is 1. The molecule has 27 heavy (non-hydrogen) atoms. The first-order chi connectivity index (χ1) is 12.7. The highest BCUT2D eigenvalue weighted by atomic mass is 127. The molecule has 1 aliphatic rings. The van der Waals surface area contributed by atoms with Gasteiger partial charge in [-0.05, 0) is 50.7 Å². The van der Waals surface area contributed by atoms with Gasteiger partial charge in [-0.2, -0.15) is 0 Å². The van der Waals surface area contributed by atoms with Crippen molar-refractivity contribution in [3.05, 3.63) is 27.4 Å². The van der Waals surface area contributed by atoms with E-state index in [1.807, 2.05) is 25.3 Å². The van der Waals surface area contributed by atoms with Crippen molar-refractivity contribution in [1.82, 2.24) is 15.6 Å². The standard InChI is InChI=1S/C19H28N4OS2.HI/c1-14-23-17(13-25-14)18-7-6-16(26-18)8-10-22-19(20-2)21-9-3-11-24-12-15-4-5-15;/h6-7,13,15H,3-5,8-12H2,1-2H3,(H2,20,21,22);1H. The van der Waals surface area contributed by atoms with Gasteiger partial charge in [-0.1, -0.05) is 0 Å². The van der Waals surface area contributed by atoms with Crippen molar-refractivity contribution in [3.63, 3.8) is 0 Å². The fourth-order valence-electron chi connectivity index (χ4n) is 2.57. The quantitative estimate of drug-likeness (QED) is 0.212. The molecule has 0 radical (unpaired) electrons. The lowest BCUT2D eigenvalue weighted by Gasteiger charge is -2.11. The molecule has 1 fully saturated rings. The highest BCUT2D eigenvalue weighted by Gasteiger charge is 2.20. The molecule has 2 aromatic rings. The van der Waals surface area contributed by atoms with Crippen LogP contribution in [-0.2, 0) is 11.2 Å². The van der Waals surface area contributed by atoms with E-state index >= 15 is 0 Å². The van der Waals surface area contributed by atoms with Gasteiger partial charge in [-0.25, -0.2) is 4.98 Å². The van der Waals surface area contributed by atoms with Crippen molar-refractivity contribution in [2.75, 3.05) is 33.4 Å². The molecule has 3 rings (SSSR count). The molecule has 0 saturated heterocycles. The van der Waals surface area contributed by atoms with Gasteiger partial charge >= 0.3 is 0 Å². The van der Waals surface area contributed by atoms with Crippen molar-refractivity contribution in [3.8, 4) is 10.6 Å². The summed E-state index contributed by atoms with van der Waals surface area (Å²) in [6.07, 6.45) is 4.70. The first-order valence-electron chi connectivity index (χ1n) is 9.28. The van der Waals surface area contributed by atoms with Gasteiger partial charge in [0.1, 0.15) is 0 Å². The zero-order chi connectivity index (χ0) is 18.2. The molecule has 150 valence electrons. The summed E-state index contributed by atoms with van der Waals surface area (Å²) in [7, 11) is 1.81. The predicted molar refractivity (Wildman–Crippen MR) is 127 cm³/mol. The normalized spacial score (nSPS) is 14.1. The number of halogens is 1. The summed E-state index contributed by atoms with van der Waals surface area (Å²) in [4.78, 5) is 11.4. The Kier molecular flexibility index (Phi) is 10.0. The van der Waals surface area contributed by atoms with Crippen LogP contribution in [0.3, 0.4) is 0 Å². The number of thiazole rings is 1. The summed E-state index contributed by atoms with van der Waals surface area (Å²) in [5.74, 6) is 1.70. The predicted octanol–water partition coefficient (Wildman–Crippen LogP) is 4.32. The van der Waals surface area contributed by atoms with Gasteiger partial charge in [-0.15, -0.1) is 46.7 Å². The maximum Gasteiger partial charge on any atom is 0.190 e. The van der Waals surface area contributed by atoms with Crippen LogP contribution in [-0.4, -0.2) is 44.3 Å². The van der Waals surface area contributed by atoms with Crippen molar-refractivity contribution in [2.24, 2.45) is 10.9 Å². The Balaban J connectivity index is 0.00000261. The second-order valence-corrected chi connectivity index (χ2v) is 8.80. The van der Waals surface area contributed by atoms with E-state index in [0.29, 0.717) is 0 Å². The Hall–Kier alpha value is -0.710. The SMILES string of the molecule is CN=C(NCCCOCC1CC1)NCCc1ccc(-c2csc(C)n2)s1.I. The second-order valence-electron chi connectivity index (χ2n) is 6.57. The number of nitrogens with zero attached hydrogens (tertiary/aromatic N) is 2. The lowest BCUT2D eigenvalue weighted by atomic mass is 10.3. The van der Waals surface area contributed by atoms with Gasteiger partial charge in [0.25, 0.3) is 0 Å². The lowest BCUT2D eigenvalue weighted by molar-refractivity contribution is 0.123. The second kappa shape index (κ2) is 12.0. The summed E-state index contributed by atoms with van der Waals surface area (Å²) in [5, 5.41) is 9.97. The molecule has 0 aromatic carbocycles. The maximum absolute atomic E-state index is 5.65. The van der Waals surface area contributed by atoms with Gasteiger partial charge in [0.15, 0.2) is 5.96 Å². The molecule has 8 heteroatoms. The van der Waals surface area contributed by atoms with Crippen LogP contribution < -0.4 is 10.6 Å². The summed E-state index contributed by atoms with van der Waals surface area (Å²) in [6, 6.07) is 4.37. The Morgan fingerprint density at radius 1 is 1.30 bits per heavy atom. The summed E-state index contributed by atoms with van der Waals surface area (Å²) in [6.45, 7) is 5.57. The Labute approximate surface area is 187 Å². The number of thiophene rings is 1. The van der Waals surface area contributed by atoms with E-state index in [4.69, 9.17) is 4.74 Å². The van der Waals surface area contributed by atoms with Gasteiger partial charge in [0.2, 0.25) is 0 Å². The van der Waals surface area contributed by atoms with Gasteiger partial charge < -0.3 is 15.4 Å². The van der Waals surface area contributed by atoms with Gasteiger partial charge in [0.05, 0.1) is 15.6 Å². The smallest absolute Gasteiger partial charge is 0.190 e. The molecule has 1 aliphatic carbocycles. The van der Waals surface area contributed by atoms with Crippen LogP contribution >= 0.6 is 46.7 Å². The average molecular weight is 521 g/mol. The number of ether oxygens (including phenoxy) is 1. The molecule has 0 atom stereocenters. The van der Waals surface area contributed by atoms with Crippen molar-refractivity contribution < 1.29 is 4.74 Å². The zero-order valence-electron chi connectivity index (χ0n) is 16.0. The van der Waals surface area contributed by atoms with E-state index in [1.54, 1.807) is 11.3 Å². The number of aryl methyl sites for hydroxylation is 1. The van der Waals surface area contributed by atoms with Crippen molar-refractivity contribution >= 4 is 52.6 Å². The van der Waals surface area contributed by atoms with Crippen molar-refractivity contribution in [1.29, 1.82) is 0 Å². The van der Waals surface area contributed by atoms with Crippen LogP contribution in [0.5, 0.6) is 0 Å². The molecule has 0 unspecified atom stereocenters. The highest BCUT2D eigenvalue weighted by molar-refractivity contribution is 14.0. The molecule has 2 aromatic heterocycles. The maximum atomic E-state index is 5.65. The summed E-state index contributed by atoms with van der Waals surface area (Å²) < 4.78 is 5.65.